The van der Waals surface area contributed by atoms with E-state index in [0.717, 1.165) is 4.90 Å². The van der Waals surface area contributed by atoms with Gasteiger partial charge in [-0.05, 0) is 73.9 Å². The number of likely N-dealkylation sites (N-methyl/N-ethyl adjacent to an activating group) is 3. The highest BCUT2D eigenvalue weighted by molar-refractivity contribution is 5.98. The highest BCUT2D eigenvalue weighted by Crippen LogP contribution is 2.40. The topological polar surface area (TPSA) is 231 Å². The van der Waals surface area contributed by atoms with Gasteiger partial charge in [0.2, 0.25) is 35.4 Å². The lowest BCUT2D eigenvalue weighted by molar-refractivity contribution is -0.149. The monoisotopic (exact) mass is 803 g/mol. The van der Waals surface area contributed by atoms with E-state index in [1.807, 2.05) is 0 Å². The lowest BCUT2D eigenvalue weighted by Crippen LogP contribution is -2.61. The van der Waals surface area contributed by atoms with Crippen molar-refractivity contribution < 1.29 is 53.8 Å². The van der Waals surface area contributed by atoms with Gasteiger partial charge in [0.1, 0.15) is 53.4 Å². The Hall–Kier alpha value is -6.40. The maximum atomic E-state index is 14.7. The van der Waals surface area contributed by atoms with E-state index in [4.69, 9.17) is 9.47 Å². The van der Waals surface area contributed by atoms with Crippen LogP contribution in [0.4, 0.5) is 5.69 Å². The average Bonchev–Trinajstić information content (AvgIpc) is 3.20. The number of hydrogen-bond donors (Lipinski definition) is 6. The Labute approximate surface area is 335 Å². The van der Waals surface area contributed by atoms with Crippen LogP contribution < -0.4 is 30.7 Å². The number of ether oxygens (including phenoxy) is 2. The number of fused-ring (bicyclic) bond motifs is 2. The number of phenols is 1. The molecular formula is C40H49N7O11. The van der Waals surface area contributed by atoms with E-state index in [2.05, 4.69) is 16.0 Å². The predicted molar refractivity (Wildman–Crippen MR) is 207 cm³/mol. The summed E-state index contributed by atoms with van der Waals surface area (Å²) in [6.07, 6.45) is -0.309. The third-order valence-electron chi connectivity index (χ3n) is 10.5. The molecule has 0 spiro atoms. The Kier molecular flexibility index (Phi) is 13.1. The van der Waals surface area contributed by atoms with Crippen molar-refractivity contribution in [2.24, 2.45) is 0 Å². The highest BCUT2D eigenvalue weighted by Gasteiger charge is 2.39. The van der Waals surface area contributed by atoms with Crippen molar-refractivity contribution in [1.82, 2.24) is 30.7 Å². The largest absolute Gasteiger partial charge is 0.503 e. The Morgan fingerprint density at radius 1 is 0.690 bits per heavy atom. The number of carbonyl (C=O) groups excluding carboxylic acids is 6. The van der Waals surface area contributed by atoms with Crippen LogP contribution in [-0.4, -0.2) is 130 Å². The van der Waals surface area contributed by atoms with E-state index in [9.17, 15) is 44.3 Å². The van der Waals surface area contributed by atoms with E-state index in [1.165, 1.54) is 71.0 Å². The van der Waals surface area contributed by atoms with Crippen molar-refractivity contribution in [3.05, 3.63) is 77.4 Å². The summed E-state index contributed by atoms with van der Waals surface area (Å²) in [6, 6.07) is 8.42. The minimum atomic E-state index is -1.39. The molecule has 18 nitrogen and oxygen atoms in total. The van der Waals surface area contributed by atoms with Crippen LogP contribution in [0.2, 0.25) is 0 Å². The molecule has 3 heterocycles. The molecule has 6 unspecified atom stereocenters. The van der Waals surface area contributed by atoms with Crippen molar-refractivity contribution in [2.45, 2.75) is 76.3 Å². The fraction of sp³-hybridized carbons (Fsp3) is 0.400. The molecule has 3 aliphatic rings. The second-order valence-corrected chi connectivity index (χ2v) is 14.5. The van der Waals surface area contributed by atoms with Crippen LogP contribution in [0.25, 0.3) is 0 Å². The summed E-state index contributed by atoms with van der Waals surface area (Å²) < 4.78 is 11.2. The number of aromatic hydroxyl groups is 1. The second kappa shape index (κ2) is 17.8. The normalized spacial score (nSPS) is 23.9. The van der Waals surface area contributed by atoms with Gasteiger partial charge in [-0.1, -0.05) is 24.3 Å². The molecule has 0 saturated carbocycles. The SMILES string of the molecule is COc1ccc(CC2C(=O)NC(C)C(=O)N(C)C3Cc4ccc(cc4)Oc4cc(cc(N(O)O)c4O)CC(C(=O)NC(C)C(=O)NC(C)C(=O)N2C)N(C)C3=O)cc1. The molecule has 0 radical (unpaired) electrons. The molecule has 3 aromatic rings. The van der Waals surface area contributed by atoms with Gasteiger partial charge >= 0.3 is 0 Å². The van der Waals surface area contributed by atoms with E-state index in [-0.39, 0.29) is 41.6 Å². The molecule has 6 rings (SSSR count). The highest BCUT2D eigenvalue weighted by atomic mass is 16.8. The number of phenolic OH excluding ortho intramolecular Hbond substituents is 1. The summed E-state index contributed by atoms with van der Waals surface area (Å²) in [4.78, 5) is 88.0. The van der Waals surface area contributed by atoms with Gasteiger partial charge in [-0.3, -0.25) is 39.2 Å². The molecule has 3 aromatic carbocycles. The number of rotatable bonds is 4. The number of amides is 6. The van der Waals surface area contributed by atoms with Crippen molar-refractivity contribution in [3.63, 3.8) is 0 Å². The fourth-order valence-electron chi connectivity index (χ4n) is 6.90. The number of carbonyl (C=O) groups is 6. The zero-order chi connectivity index (χ0) is 42.6. The van der Waals surface area contributed by atoms with Crippen molar-refractivity contribution >= 4 is 41.1 Å². The number of nitrogens with zero attached hydrogens (tertiary/aromatic N) is 4. The first-order valence-electron chi connectivity index (χ1n) is 18.5. The average molecular weight is 804 g/mol. The van der Waals surface area contributed by atoms with Gasteiger partial charge in [0, 0.05) is 40.4 Å². The van der Waals surface area contributed by atoms with E-state index >= 15 is 0 Å². The van der Waals surface area contributed by atoms with Crippen molar-refractivity contribution in [2.75, 3.05) is 33.5 Å². The molecule has 310 valence electrons. The Bertz CT molecular complexity index is 2040. The fourth-order valence-corrected chi connectivity index (χ4v) is 6.90. The molecule has 0 aromatic heterocycles. The molecule has 6 N–H and O–H groups in total. The van der Waals surface area contributed by atoms with E-state index in [1.54, 1.807) is 48.5 Å². The number of nitrogens with one attached hydrogen (secondary N) is 3. The van der Waals surface area contributed by atoms with Crippen LogP contribution >= 0.6 is 0 Å². The van der Waals surface area contributed by atoms with Crippen LogP contribution in [0.5, 0.6) is 23.0 Å². The summed E-state index contributed by atoms with van der Waals surface area (Å²) in [5.41, 5.74) is 0.960. The second-order valence-electron chi connectivity index (χ2n) is 14.5. The number of benzene rings is 3. The molecule has 1 saturated heterocycles. The van der Waals surface area contributed by atoms with Crippen LogP contribution in [0.1, 0.15) is 37.5 Å². The molecule has 3 aliphatic heterocycles. The number of hydrogen-bond acceptors (Lipinski definition) is 12. The smallest absolute Gasteiger partial charge is 0.246 e. The van der Waals surface area contributed by atoms with Crippen LogP contribution in [0.3, 0.4) is 0 Å². The Morgan fingerprint density at radius 3 is 1.84 bits per heavy atom. The molecule has 6 amide bonds. The van der Waals surface area contributed by atoms with Gasteiger partial charge in [0.05, 0.1) is 7.11 Å². The quantitative estimate of drug-likeness (QED) is 0.204. The molecular weight excluding hydrogens is 754 g/mol. The number of methoxy groups -OCH3 is 1. The molecule has 6 atom stereocenters. The molecule has 0 aliphatic carbocycles. The minimum absolute atomic E-state index is 0.0353. The number of anilines is 1. The third-order valence-corrected chi connectivity index (χ3v) is 10.5. The maximum Gasteiger partial charge on any atom is 0.246 e. The van der Waals surface area contributed by atoms with Crippen molar-refractivity contribution in [3.8, 4) is 23.0 Å². The predicted octanol–water partition coefficient (Wildman–Crippen LogP) is 1.13. The maximum absolute atomic E-state index is 14.7. The molecule has 18 heteroatoms. The Balaban J connectivity index is 1.60. The van der Waals surface area contributed by atoms with Gasteiger partial charge in [-0.2, -0.15) is 0 Å². The first-order valence-corrected chi connectivity index (χ1v) is 18.5. The van der Waals surface area contributed by atoms with Gasteiger partial charge in [0.25, 0.3) is 0 Å². The zero-order valence-corrected chi connectivity index (χ0v) is 33.3. The van der Waals surface area contributed by atoms with Crippen LogP contribution in [-0.2, 0) is 48.0 Å². The lowest BCUT2D eigenvalue weighted by Gasteiger charge is -2.37. The summed E-state index contributed by atoms with van der Waals surface area (Å²) in [6.45, 7) is 4.27. The summed E-state index contributed by atoms with van der Waals surface area (Å²) in [5.74, 6) is -4.16. The van der Waals surface area contributed by atoms with E-state index < -0.39 is 83.1 Å². The van der Waals surface area contributed by atoms with Gasteiger partial charge in [-0.15, -0.1) is 5.23 Å². The molecule has 6 bridgehead atoms. The van der Waals surface area contributed by atoms with Gasteiger partial charge in [0.15, 0.2) is 11.5 Å². The van der Waals surface area contributed by atoms with Gasteiger partial charge in [-0.25, -0.2) is 0 Å². The van der Waals surface area contributed by atoms with Gasteiger partial charge < -0.3 is 45.2 Å². The summed E-state index contributed by atoms with van der Waals surface area (Å²) in [7, 11) is 5.68. The van der Waals surface area contributed by atoms with Crippen LogP contribution in [0, 0.1) is 0 Å². The van der Waals surface area contributed by atoms with E-state index in [0.29, 0.717) is 16.9 Å². The standard InChI is InChI=1S/C40H49N7O11/c1-21-35(49)42-22(2)38(52)44(4)30(16-24-8-12-27(57-7)13-9-24)37(51)43-23(3)39(53)46(6)32-17-25-10-14-28(15-11-25)58-33-20-26(18-29(34(33)48)47(55)56)19-31(36(50)41-21)45(5)40(32)54/h8-15,18,20-23,30-32,48,55-56H,16-17,19H2,1-7H3,(H,41,50)(H,42,49)(H,43,51). The first kappa shape index (κ1) is 42.7. The van der Waals surface area contributed by atoms with Crippen LogP contribution in [0.15, 0.2) is 60.7 Å². The zero-order valence-electron chi connectivity index (χ0n) is 33.3. The summed E-state index contributed by atoms with van der Waals surface area (Å²) in [5, 5.41) is 38.4. The molecule has 1 fully saturated rings. The Morgan fingerprint density at radius 2 is 1.24 bits per heavy atom. The minimum Gasteiger partial charge on any atom is -0.503 e. The first-order chi connectivity index (χ1) is 27.4. The molecule has 58 heavy (non-hydrogen) atoms. The lowest BCUT2D eigenvalue weighted by atomic mass is 9.98. The van der Waals surface area contributed by atoms with Crippen molar-refractivity contribution in [1.29, 1.82) is 0 Å². The summed E-state index contributed by atoms with van der Waals surface area (Å²) >= 11 is 0. The third kappa shape index (κ3) is 9.41.